The number of likely N-dealkylation sites (N-methyl/N-ethyl adjacent to an activating group) is 1. The lowest BCUT2D eigenvalue weighted by Crippen LogP contribution is -2.47. The summed E-state index contributed by atoms with van der Waals surface area (Å²) in [6.07, 6.45) is 3.15. The van der Waals surface area contributed by atoms with Crippen molar-refractivity contribution in [1.82, 2.24) is 15.5 Å². The Labute approximate surface area is 203 Å². The van der Waals surface area contributed by atoms with E-state index in [1.807, 2.05) is 33.8 Å². The van der Waals surface area contributed by atoms with Gasteiger partial charge in [-0.2, -0.15) is 0 Å². The largest absolute Gasteiger partial charge is 0.505 e. The standard InChI is InChI=1S/C22H29N3O5.2C2H6/c1-7-15(22(29)25(5)6)19(26)16(8-2)24-18-17(20(27)21(18)28)23-10-14-9-13(11-30-14)12(3)4;2*1-2/h7-9,11-12,20,23-24,26-27H,1,10H2,2-6H3;2*1-2H3/b16-8+,19-15-;;. The van der Waals surface area contributed by atoms with Gasteiger partial charge in [-0.05, 0) is 24.5 Å². The lowest BCUT2D eigenvalue weighted by molar-refractivity contribution is -0.125. The van der Waals surface area contributed by atoms with E-state index in [4.69, 9.17) is 4.42 Å². The Morgan fingerprint density at radius 2 is 1.85 bits per heavy atom. The van der Waals surface area contributed by atoms with Gasteiger partial charge in [-0.3, -0.25) is 9.59 Å². The number of carbonyl (C=O) groups excluding carboxylic acids is 2. The summed E-state index contributed by atoms with van der Waals surface area (Å²) in [7, 11) is 3.11. The Bertz CT molecular complexity index is 936. The number of allylic oxidation sites excluding steroid dienone is 1. The molecule has 8 nitrogen and oxygen atoms in total. The number of aliphatic hydroxyl groups is 2. The number of nitrogens with one attached hydrogen (secondary N) is 2. The molecule has 0 spiro atoms. The van der Waals surface area contributed by atoms with Crippen LogP contribution in [0.5, 0.6) is 0 Å². The molecule has 1 amide bonds. The molecule has 8 heteroatoms. The van der Waals surface area contributed by atoms with Gasteiger partial charge >= 0.3 is 0 Å². The van der Waals surface area contributed by atoms with Crippen LogP contribution in [0.25, 0.3) is 0 Å². The highest BCUT2D eigenvalue weighted by molar-refractivity contribution is 6.08. The second kappa shape index (κ2) is 14.8. The monoisotopic (exact) mass is 475 g/mol. The second-order valence-electron chi connectivity index (χ2n) is 7.40. The van der Waals surface area contributed by atoms with Gasteiger partial charge in [0.2, 0.25) is 5.78 Å². The maximum Gasteiger partial charge on any atom is 0.257 e. The maximum atomic E-state index is 12.2. The highest BCUT2D eigenvalue weighted by atomic mass is 16.3. The minimum atomic E-state index is -1.29. The van der Waals surface area contributed by atoms with Gasteiger partial charge in [-0.15, -0.1) is 0 Å². The van der Waals surface area contributed by atoms with Crippen molar-refractivity contribution < 1.29 is 24.2 Å². The SMILES string of the molecule is C=C/C(C(=O)N(C)C)=C(O)\C(=C/C)NC1=C(NCc2cc(C(C)C)co2)C(O)C1=O.CC.CC. The van der Waals surface area contributed by atoms with Crippen molar-refractivity contribution in [2.24, 2.45) is 0 Å². The zero-order valence-electron chi connectivity index (χ0n) is 21.9. The fourth-order valence-corrected chi connectivity index (χ4v) is 2.82. The van der Waals surface area contributed by atoms with Gasteiger partial charge in [0.05, 0.1) is 29.8 Å². The van der Waals surface area contributed by atoms with E-state index in [1.165, 1.54) is 17.1 Å². The number of carbonyl (C=O) groups is 2. The summed E-state index contributed by atoms with van der Waals surface area (Å²) in [6, 6.07) is 1.91. The third kappa shape index (κ3) is 7.38. The van der Waals surface area contributed by atoms with Crippen LogP contribution >= 0.6 is 0 Å². The normalized spacial score (nSPS) is 15.8. The molecule has 0 aliphatic heterocycles. The molecule has 0 saturated heterocycles. The van der Waals surface area contributed by atoms with Crippen LogP contribution in [0, 0.1) is 0 Å². The first kappa shape index (κ1) is 30.7. The first-order valence-electron chi connectivity index (χ1n) is 11.6. The predicted octanol–water partition coefficient (Wildman–Crippen LogP) is 4.28. The zero-order chi connectivity index (χ0) is 26.6. The van der Waals surface area contributed by atoms with E-state index in [2.05, 4.69) is 31.1 Å². The van der Waals surface area contributed by atoms with Crippen LogP contribution in [0.3, 0.4) is 0 Å². The number of nitrogens with zero attached hydrogens (tertiary/aromatic N) is 1. The molecule has 0 saturated carbocycles. The molecule has 1 aromatic rings. The molecule has 0 aromatic carbocycles. The molecule has 190 valence electrons. The minimum Gasteiger partial charge on any atom is -0.505 e. The van der Waals surface area contributed by atoms with Gasteiger partial charge in [0, 0.05) is 14.1 Å². The average Bonchev–Trinajstić information content (AvgIpc) is 3.32. The van der Waals surface area contributed by atoms with E-state index in [-0.39, 0.29) is 35.0 Å². The summed E-state index contributed by atoms with van der Waals surface area (Å²) < 4.78 is 5.49. The summed E-state index contributed by atoms with van der Waals surface area (Å²) in [5, 5.41) is 26.4. The Hall–Kier alpha value is -3.26. The van der Waals surface area contributed by atoms with E-state index >= 15 is 0 Å². The summed E-state index contributed by atoms with van der Waals surface area (Å²) >= 11 is 0. The summed E-state index contributed by atoms with van der Waals surface area (Å²) in [5.41, 5.74) is 1.58. The van der Waals surface area contributed by atoms with E-state index in [0.717, 1.165) is 5.56 Å². The van der Waals surface area contributed by atoms with E-state index in [9.17, 15) is 19.8 Å². The van der Waals surface area contributed by atoms with Crippen molar-refractivity contribution >= 4 is 11.7 Å². The number of hydrogen-bond acceptors (Lipinski definition) is 7. The first-order chi connectivity index (χ1) is 16.1. The lowest BCUT2D eigenvalue weighted by atomic mass is 9.94. The van der Waals surface area contributed by atoms with E-state index < -0.39 is 17.8 Å². The van der Waals surface area contributed by atoms with Crippen molar-refractivity contribution in [3.05, 3.63) is 70.8 Å². The number of hydrogen-bond donors (Lipinski definition) is 4. The first-order valence-corrected chi connectivity index (χ1v) is 11.6. The number of rotatable bonds is 9. The fourth-order valence-electron chi connectivity index (χ4n) is 2.82. The van der Waals surface area contributed by atoms with Gasteiger partial charge in [0.1, 0.15) is 11.5 Å². The molecule has 1 aliphatic carbocycles. The second-order valence-corrected chi connectivity index (χ2v) is 7.40. The summed E-state index contributed by atoms with van der Waals surface area (Å²) in [6.45, 7) is 17.6. The van der Waals surface area contributed by atoms with Crippen LogP contribution in [0.4, 0.5) is 0 Å². The molecule has 0 radical (unpaired) electrons. The molecule has 1 atom stereocenters. The molecule has 2 rings (SSSR count). The van der Waals surface area contributed by atoms with Crippen LogP contribution < -0.4 is 10.6 Å². The molecule has 0 bridgehead atoms. The Balaban J connectivity index is 0.00000258. The van der Waals surface area contributed by atoms with Gasteiger partial charge in [-0.25, -0.2) is 0 Å². The lowest BCUT2D eigenvalue weighted by Gasteiger charge is -2.30. The number of furan rings is 1. The van der Waals surface area contributed by atoms with Gasteiger partial charge in [-0.1, -0.05) is 60.3 Å². The van der Waals surface area contributed by atoms with Crippen molar-refractivity contribution in [1.29, 1.82) is 0 Å². The molecule has 34 heavy (non-hydrogen) atoms. The zero-order valence-corrected chi connectivity index (χ0v) is 21.9. The molecule has 0 fully saturated rings. The Kier molecular flexibility index (Phi) is 13.4. The molecule has 1 aromatic heterocycles. The van der Waals surface area contributed by atoms with Gasteiger partial charge < -0.3 is 30.2 Å². The van der Waals surface area contributed by atoms with Gasteiger partial charge in [0.15, 0.2) is 11.9 Å². The number of Topliss-reactive ketones (excluding diaryl/α,β-unsaturated/α-hetero) is 1. The van der Waals surface area contributed by atoms with Crippen LogP contribution in [-0.2, 0) is 16.1 Å². The predicted molar refractivity (Wildman–Crippen MR) is 136 cm³/mol. The topological polar surface area (TPSA) is 115 Å². The average molecular weight is 476 g/mol. The quantitative estimate of drug-likeness (QED) is 0.239. The van der Waals surface area contributed by atoms with Crippen LogP contribution in [0.2, 0.25) is 0 Å². The molecule has 4 N–H and O–H groups in total. The summed E-state index contributed by atoms with van der Waals surface area (Å²) in [4.78, 5) is 25.7. The minimum absolute atomic E-state index is 0.0140. The highest BCUT2D eigenvalue weighted by Gasteiger charge is 2.39. The van der Waals surface area contributed by atoms with Crippen molar-refractivity contribution in [2.75, 3.05) is 14.1 Å². The van der Waals surface area contributed by atoms with E-state index in [0.29, 0.717) is 11.7 Å². The van der Waals surface area contributed by atoms with Gasteiger partial charge in [0.25, 0.3) is 5.91 Å². The van der Waals surface area contributed by atoms with Crippen molar-refractivity contribution in [3.63, 3.8) is 0 Å². The molecule has 1 unspecified atom stereocenters. The number of amides is 1. The summed E-state index contributed by atoms with van der Waals surface area (Å²) in [5.74, 6) is -0.317. The highest BCUT2D eigenvalue weighted by Crippen LogP contribution is 2.25. The van der Waals surface area contributed by atoms with Crippen molar-refractivity contribution in [2.45, 2.75) is 67.0 Å². The van der Waals surface area contributed by atoms with Crippen LogP contribution in [0.1, 0.15) is 65.7 Å². The smallest absolute Gasteiger partial charge is 0.257 e. The number of aliphatic hydroxyl groups excluding tert-OH is 2. The van der Waals surface area contributed by atoms with Crippen molar-refractivity contribution in [3.8, 4) is 0 Å². The maximum absolute atomic E-state index is 12.2. The molecular formula is C26H41N3O5. The molecule has 1 aliphatic rings. The fraction of sp³-hybridized carbons (Fsp3) is 0.462. The molecule has 1 heterocycles. The Morgan fingerprint density at radius 3 is 2.29 bits per heavy atom. The third-order valence-electron chi connectivity index (χ3n) is 4.73. The Morgan fingerprint density at radius 1 is 1.26 bits per heavy atom. The number of ketones is 1. The third-order valence-corrected chi connectivity index (χ3v) is 4.73. The molecular weight excluding hydrogens is 434 g/mol. The van der Waals surface area contributed by atoms with Crippen LogP contribution in [0.15, 0.2) is 63.9 Å². The van der Waals surface area contributed by atoms with Crippen LogP contribution in [-0.4, -0.2) is 47.0 Å². The van der Waals surface area contributed by atoms with E-state index in [1.54, 1.807) is 27.3 Å².